The Balaban J connectivity index is 1.20. The van der Waals surface area contributed by atoms with Gasteiger partial charge in [-0.15, -0.1) is 5.06 Å². The molecule has 0 spiro atoms. The highest BCUT2D eigenvalue weighted by Crippen LogP contribution is 2.08. The largest absolute Gasteiger partial charge is 0.378 e. The summed E-state index contributed by atoms with van der Waals surface area (Å²) in [5.41, 5.74) is 0. The van der Waals surface area contributed by atoms with Crippen LogP contribution in [0.5, 0.6) is 0 Å². The van der Waals surface area contributed by atoms with Crippen LogP contribution in [0.4, 0.5) is 0 Å². The smallest absolute Gasteiger partial charge is 0.327 e. The first-order chi connectivity index (χ1) is 19.6. The van der Waals surface area contributed by atoms with Gasteiger partial charge < -0.3 is 38.6 Å². The van der Waals surface area contributed by atoms with Crippen LogP contribution < -0.4 is 5.32 Å². The van der Waals surface area contributed by atoms with E-state index in [-0.39, 0.29) is 31.3 Å². The molecule has 2 aliphatic heterocycles. The lowest BCUT2D eigenvalue weighted by atomic mass is 10.3. The van der Waals surface area contributed by atoms with Crippen molar-refractivity contribution >= 4 is 23.7 Å². The van der Waals surface area contributed by atoms with Gasteiger partial charge in [0.2, 0.25) is 5.91 Å². The van der Waals surface area contributed by atoms with Crippen LogP contribution in [0.2, 0.25) is 0 Å². The summed E-state index contributed by atoms with van der Waals surface area (Å²) < 4.78 is 32.4. The van der Waals surface area contributed by atoms with E-state index in [0.717, 1.165) is 30.8 Å². The topological polar surface area (TPSA) is 151 Å². The van der Waals surface area contributed by atoms with Gasteiger partial charge in [0.1, 0.15) is 0 Å². The predicted molar refractivity (Wildman–Crippen MR) is 140 cm³/mol. The molecule has 228 valence electrons. The summed E-state index contributed by atoms with van der Waals surface area (Å²) in [4.78, 5) is 52.4. The van der Waals surface area contributed by atoms with Crippen molar-refractivity contribution in [2.24, 2.45) is 0 Å². The molecule has 0 radical (unpaired) electrons. The normalized spacial score (nSPS) is 15.3. The monoisotopic (exact) mass is 573 g/mol. The third-order valence-corrected chi connectivity index (χ3v) is 5.64. The van der Waals surface area contributed by atoms with E-state index in [9.17, 15) is 19.2 Å². The Morgan fingerprint density at radius 3 is 1.60 bits per heavy atom. The lowest BCUT2D eigenvalue weighted by molar-refractivity contribution is -0.186. The molecule has 2 rings (SSSR count). The number of amides is 3. The minimum atomic E-state index is -0.397. The second-order valence-electron chi connectivity index (χ2n) is 8.79. The van der Waals surface area contributed by atoms with Crippen LogP contribution in [0.25, 0.3) is 0 Å². The number of nitrogens with one attached hydrogen (secondary N) is 1. The molecule has 0 unspecified atom stereocenters. The predicted octanol–water partition coefficient (Wildman–Crippen LogP) is -0.539. The number of nitrogens with zero attached hydrogens (tertiary/aromatic N) is 2. The van der Waals surface area contributed by atoms with Crippen LogP contribution in [-0.4, -0.2) is 139 Å². The highest BCUT2D eigenvalue weighted by atomic mass is 16.7. The third kappa shape index (κ3) is 16.6. The number of hydroxylamine groups is 2. The number of ether oxygens (including phenoxy) is 6. The van der Waals surface area contributed by atoms with E-state index in [1.807, 2.05) is 0 Å². The lowest BCUT2D eigenvalue weighted by Gasteiger charge is -2.14. The van der Waals surface area contributed by atoms with Crippen LogP contribution >= 0.6 is 0 Å². The highest BCUT2D eigenvalue weighted by Gasteiger charge is 2.23. The highest BCUT2D eigenvalue weighted by molar-refractivity contribution is 6.13. The summed E-state index contributed by atoms with van der Waals surface area (Å²) in [5.74, 6) is -1.31. The van der Waals surface area contributed by atoms with Crippen LogP contribution in [0.15, 0.2) is 12.2 Å². The fourth-order valence-corrected chi connectivity index (χ4v) is 3.54. The quantitative estimate of drug-likeness (QED) is 0.110. The second kappa shape index (κ2) is 22.3. The number of carbonyl (C=O) groups excluding carboxylic acids is 4. The van der Waals surface area contributed by atoms with Crippen molar-refractivity contribution in [2.75, 3.05) is 105 Å². The maximum Gasteiger partial charge on any atom is 0.327 e. The van der Waals surface area contributed by atoms with E-state index in [0.29, 0.717) is 85.8 Å². The van der Waals surface area contributed by atoms with Crippen molar-refractivity contribution in [3.63, 3.8) is 0 Å². The molecule has 3 amide bonds. The molecule has 0 saturated carbocycles. The van der Waals surface area contributed by atoms with Crippen molar-refractivity contribution in [3.8, 4) is 0 Å². The molecule has 2 aliphatic rings. The number of carbonyl (C=O) groups is 4. The maximum absolute atomic E-state index is 11.8. The van der Waals surface area contributed by atoms with Gasteiger partial charge >= 0.3 is 5.97 Å². The van der Waals surface area contributed by atoms with Gasteiger partial charge in [0.05, 0.1) is 85.7 Å². The molecule has 40 heavy (non-hydrogen) atoms. The van der Waals surface area contributed by atoms with E-state index in [1.54, 1.807) is 5.06 Å². The zero-order chi connectivity index (χ0) is 28.7. The molecular formula is C26H43N3O11. The number of hydrogen-bond donors (Lipinski definition) is 1. The van der Waals surface area contributed by atoms with Crippen molar-refractivity contribution < 1.29 is 52.4 Å². The summed E-state index contributed by atoms with van der Waals surface area (Å²) in [6.45, 7) is 6.97. The van der Waals surface area contributed by atoms with Crippen molar-refractivity contribution in [1.29, 1.82) is 0 Å². The SMILES string of the molecule is O=C(CCN1C(=O)C=CC1=O)NCCOCCOCCOCCOCCOCCOCCC(=O)ON1CCCC1. The molecule has 1 N–H and O–H groups in total. The minimum Gasteiger partial charge on any atom is -0.378 e. The van der Waals surface area contributed by atoms with Gasteiger partial charge in [0.15, 0.2) is 0 Å². The fourth-order valence-electron chi connectivity index (χ4n) is 3.54. The molecule has 14 nitrogen and oxygen atoms in total. The lowest BCUT2D eigenvalue weighted by Crippen LogP contribution is -2.35. The Bertz CT molecular complexity index is 757. The van der Waals surface area contributed by atoms with Gasteiger partial charge in [0.25, 0.3) is 11.8 Å². The van der Waals surface area contributed by atoms with Crippen molar-refractivity contribution in [1.82, 2.24) is 15.3 Å². The number of hydrogen-bond acceptors (Lipinski definition) is 12. The molecule has 14 heteroatoms. The molecule has 1 fully saturated rings. The zero-order valence-corrected chi connectivity index (χ0v) is 23.2. The van der Waals surface area contributed by atoms with Gasteiger partial charge in [-0.2, -0.15) is 0 Å². The first-order valence-electron chi connectivity index (χ1n) is 13.8. The molecule has 0 atom stereocenters. The Hall–Kier alpha value is -2.46. The van der Waals surface area contributed by atoms with E-state index in [1.165, 1.54) is 12.2 Å². The van der Waals surface area contributed by atoms with Crippen LogP contribution in [0.3, 0.4) is 0 Å². The maximum atomic E-state index is 11.8. The molecule has 1 saturated heterocycles. The van der Waals surface area contributed by atoms with E-state index in [2.05, 4.69) is 5.32 Å². The molecule has 0 aromatic heterocycles. The molecule has 0 aromatic rings. The van der Waals surface area contributed by atoms with Crippen LogP contribution in [0.1, 0.15) is 25.7 Å². The van der Waals surface area contributed by atoms with E-state index in [4.69, 9.17) is 33.3 Å². The Kier molecular flexibility index (Phi) is 18.8. The number of imide groups is 1. The average molecular weight is 574 g/mol. The van der Waals surface area contributed by atoms with Gasteiger partial charge in [-0.1, -0.05) is 0 Å². The molecule has 0 aliphatic carbocycles. The zero-order valence-electron chi connectivity index (χ0n) is 23.2. The van der Waals surface area contributed by atoms with Crippen molar-refractivity contribution in [3.05, 3.63) is 12.2 Å². The second-order valence-corrected chi connectivity index (χ2v) is 8.79. The van der Waals surface area contributed by atoms with E-state index >= 15 is 0 Å². The molecule has 2 heterocycles. The van der Waals surface area contributed by atoms with Gasteiger partial charge in [-0.05, 0) is 12.8 Å². The third-order valence-electron chi connectivity index (χ3n) is 5.64. The number of rotatable bonds is 25. The summed E-state index contributed by atoms with van der Waals surface area (Å²) in [7, 11) is 0. The Morgan fingerprint density at radius 2 is 1.10 bits per heavy atom. The van der Waals surface area contributed by atoms with Gasteiger partial charge in [-0.25, -0.2) is 0 Å². The Morgan fingerprint density at radius 1 is 0.650 bits per heavy atom. The van der Waals surface area contributed by atoms with Crippen molar-refractivity contribution in [2.45, 2.75) is 25.7 Å². The van der Waals surface area contributed by atoms with E-state index < -0.39 is 11.8 Å². The average Bonchev–Trinajstić information content (AvgIpc) is 3.57. The summed E-state index contributed by atoms with van der Waals surface area (Å²) in [6, 6.07) is 0. The van der Waals surface area contributed by atoms with Crippen LogP contribution in [-0.2, 0) is 52.4 Å². The van der Waals surface area contributed by atoms with Gasteiger partial charge in [0, 0.05) is 44.8 Å². The summed E-state index contributed by atoms with van der Waals surface area (Å²) in [5, 5.41) is 4.37. The summed E-state index contributed by atoms with van der Waals surface area (Å²) in [6.07, 6.45) is 4.80. The standard InChI is InChI=1S/C26H43N3O11/c30-23(5-10-29-24(31)3-4-25(29)32)27-7-12-35-14-16-37-18-20-39-22-21-38-19-17-36-15-13-34-11-6-26(33)40-28-8-1-2-9-28/h3-4H,1-2,5-22H2,(H,27,30). The van der Waals surface area contributed by atoms with Gasteiger partial charge in [-0.3, -0.25) is 24.1 Å². The van der Waals surface area contributed by atoms with Crippen LogP contribution in [0, 0.1) is 0 Å². The summed E-state index contributed by atoms with van der Waals surface area (Å²) >= 11 is 0. The molecule has 0 bridgehead atoms. The Labute approximate surface area is 235 Å². The first-order valence-corrected chi connectivity index (χ1v) is 13.8. The molecular weight excluding hydrogens is 530 g/mol. The fraction of sp³-hybridized carbons (Fsp3) is 0.769. The minimum absolute atomic E-state index is 0.0530. The molecule has 0 aromatic carbocycles. The first kappa shape index (κ1) is 33.7.